The van der Waals surface area contributed by atoms with Crippen LogP contribution in [0.3, 0.4) is 0 Å². The Hall–Kier alpha value is -1.72. The van der Waals surface area contributed by atoms with Crippen molar-refractivity contribution in [3.05, 3.63) is 70.8 Å². The molecule has 2 heterocycles. The van der Waals surface area contributed by atoms with Gasteiger partial charge in [0.2, 0.25) is 0 Å². The molecule has 0 saturated carbocycles. The Bertz CT molecular complexity index is 702. The van der Waals surface area contributed by atoms with Crippen LogP contribution in [0, 0.1) is 13.8 Å². The monoisotopic (exact) mass is 420 g/mol. The molecule has 0 N–H and O–H groups in total. The van der Waals surface area contributed by atoms with Crippen molar-refractivity contribution in [2.75, 3.05) is 65.4 Å². The van der Waals surface area contributed by atoms with Gasteiger partial charge in [0.1, 0.15) is 0 Å². The highest BCUT2D eigenvalue weighted by atomic mass is 15.3. The van der Waals surface area contributed by atoms with Gasteiger partial charge in [-0.15, -0.1) is 0 Å². The van der Waals surface area contributed by atoms with E-state index in [1.54, 1.807) is 0 Å². The van der Waals surface area contributed by atoms with Crippen LogP contribution >= 0.6 is 0 Å². The summed E-state index contributed by atoms with van der Waals surface area (Å²) in [6.45, 7) is 18.7. The molecule has 2 aromatic carbocycles. The molecule has 0 amide bonds. The van der Waals surface area contributed by atoms with Gasteiger partial charge in [-0.2, -0.15) is 0 Å². The summed E-state index contributed by atoms with van der Waals surface area (Å²) in [7, 11) is 0. The van der Waals surface area contributed by atoms with Crippen molar-refractivity contribution in [1.82, 2.24) is 19.6 Å². The number of piperazine rings is 2. The predicted octanol–water partition coefficient (Wildman–Crippen LogP) is 3.63. The maximum Gasteiger partial charge on any atom is 0.0234 e. The number of rotatable bonds is 8. The summed E-state index contributed by atoms with van der Waals surface area (Å²) in [5.74, 6) is 0. The number of aryl methyl sites for hydroxylation is 2. The Labute approximate surface area is 189 Å². The number of benzene rings is 2. The highest BCUT2D eigenvalue weighted by Gasteiger charge is 2.19. The molecule has 4 heteroatoms. The van der Waals surface area contributed by atoms with Gasteiger partial charge >= 0.3 is 0 Å². The first-order valence-electron chi connectivity index (χ1n) is 12.1. The molecule has 0 aliphatic carbocycles. The van der Waals surface area contributed by atoms with Crippen LogP contribution in [-0.4, -0.2) is 85.0 Å². The second kappa shape index (κ2) is 11.2. The van der Waals surface area contributed by atoms with E-state index >= 15 is 0 Å². The SMILES string of the molecule is Cc1ccc(CN2CCN(CCCN3CCN(Cc4ccc(C)cc4)CC3)CC2)cc1. The molecule has 4 rings (SSSR count). The van der Waals surface area contributed by atoms with Crippen LogP contribution in [0.2, 0.25) is 0 Å². The maximum atomic E-state index is 2.67. The Kier molecular flexibility index (Phi) is 8.15. The fourth-order valence-electron chi connectivity index (χ4n) is 4.76. The topological polar surface area (TPSA) is 13.0 Å². The fraction of sp³-hybridized carbons (Fsp3) is 0.556. The van der Waals surface area contributed by atoms with E-state index in [9.17, 15) is 0 Å². The molecule has 0 bridgehead atoms. The zero-order chi connectivity index (χ0) is 21.5. The van der Waals surface area contributed by atoms with E-state index in [1.807, 2.05) is 0 Å². The van der Waals surface area contributed by atoms with Gasteiger partial charge in [0, 0.05) is 65.4 Å². The lowest BCUT2D eigenvalue weighted by Gasteiger charge is -2.37. The van der Waals surface area contributed by atoms with Crippen LogP contribution in [0.15, 0.2) is 48.5 Å². The third-order valence-corrected chi connectivity index (χ3v) is 6.93. The molecule has 168 valence electrons. The minimum absolute atomic E-state index is 1.10. The lowest BCUT2D eigenvalue weighted by atomic mass is 10.1. The minimum Gasteiger partial charge on any atom is -0.301 e. The highest BCUT2D eigenvalue weighted by Crippen LogP contribution is 2.12. The first kappa shape index (κ1) is 22.5. The van der Waals surface area contributed by atoms with Gasteiger partial charge < -0.3 is 9.80 Å². The van der Waals surface area contributed by atoms with Gasteiger partial charge in [-0.25, -0.2) is 0 Å². The lowest BCUT2D eigenvalue weighted by molar-refractivity contribution is 0.106. The molecule has 0 radical (unpaired) electrons. The number of hydrogen-bond acceptors (Lipinski definition) is 4. The normalized spacial score (nSPS) is 19.7. The maximum absolute atomic E-state index is 2.67. The van der Waals surface area contributed by atoms with Gasteiger partial charge in [0.15, 0.2) is 0 Å². The van der Waals surface area contributed by atoms with Crippen LogP contribution in [0.25, 0.3) is 0 Å². The Balaban J connectivity index is 1.08. The number of hydrogen-bond donors (Lipinski definition) is 0. The van der Waals surface area contributed by atoms with Crippen molar-refractivity contribution in [3.63, 3.8) is 0 Å². The van der Waals surface area contributed by atoms with E-state index in [2.05, 4.69) is 82.0 Å². The molecule has 2 aliphatic rings. The quantitative estimate of drug-likeness (QED) is 0.646. The first-order valence-corrected chi connectivity index (χ1v) is 12.1. The third-order valence-electron chi connectivity index (χ3n) is 6.93. The average molecular weight is 421 g/mol. The predicted molar refractivity (Wildman–Crippen MR) is 130 cm³/mol. The molecule has 0 unspecified atom stereocenters. The molecule has 2 fully saturated rings. The van der Waals surface area contributed by atoms with Gasteiger partial charge in [0.05, 0.1) is 0 Å². The number of nitrogens with zero attached hydrogens (tertiary/aromatic N) is 4. The van der Waals surface area contributed by atoms with Crippen molar-refractivity contribution in [2.24, 2.45) is 0 Å². The standard InChI is InChI=1S/C27H40N4/c1-24-4-8-26(9-5-24)22-30-18-14-28(15-19-30)12-3-13-29-16-20-31(21-17-29)23-27-10-6-25(2)7-11-27/h4-11H,3,12-23H2,1-2H3. The second-order valence-electron chi connectivity index (χ2n) is 9.56. The van der Waals surface area contributed by atoms with Gasteiger partial charge in [-0.3, -0.25) is 9.80 Å². The largest absolute Gasteiger partial charge is 0.301 e. The summed E-state index contributed by atoms with van der Waals surface area (Å²) in [5, 5.41) is 0. The van der Waals surface area contributed by atoms with Crippen LogP contribution in [0.5, 0.6) is 0 Å². The van der Waals surface area contributed by atoms with E-state index in [4.69, 9.17) is 0 Å². The molecular formula is C27H40N4. The lowest BCUT2D eigenvalue weighted by Crippen LogP contribution is -2.48. The minimum atomic E-state index is 1.10. The molecule has 4 nitrogen and oxygen atoms in total. The smallest absolute Gasteiger partial charge is 0.0234 e. The van der Waals surface area contributed by atoms with Crippen molar-refractivity contribution >= 4 is 0 Å². The van der Waals surface area contributed by atoms with Crippen LogP contribution in [0.4, 0.5) is 0 Å². The zero-order valence-corrected chi connectivity index (χ0v) is 19.6. The van der Waals surface area contributed by atoms with E-state index in [1.165, 1.54) is 94.1 Å². The molecular weight excluding hydrogens is 380 g/mol. The second-order valence-corrected chi connectivity index (χ2v) is 9.56. The Morgan fingerprint density at radius 2 is 0.806 bits per heavy atom. The van der Waals surface area contributed by atoms with E-state index in [-0.39, 0.29) is 0 Å². The summed E-state index contributed by atoms with van der Waals surface area (Å²) in [5.41, 5.74) is 5.59. The van der Waals surface area contributed by atoms with E-state index < -0.39 is 0 Å². The molecule has 2 aromatic rings. The molecule has 0 atom stereocenters. The molecule has 31 heavy (non-hydrogen) atoms. The summed E-state index contributed by atoms with van der Waals surface area (Å²) in [6, 6.07) is 18.0. The van der Waals surface area contributed by atoms with Crippen molar-refractivity contribution in [3.8, 4) is 0 Å². The van der Waals surface area contributed by atoms with E-state index in [0.29, 0.717) is 0 Å². The van der Waals surface area contributed by atoms with Crippen molar-refractivity contribution in [2.45, 2.75) is 33.4 Å². The molecule has 2 saturated heterocycles. The average Bonchev–Trinajstić information content (AvgIpc) is 2.79. The van der Waals surface area contributed by atoms with Crippen LogP contribution in [-0.2, 0) is 13.1 Å². The Morgan fingerprint density at radius 1 is 0.484 bits per heavy atom. The van der Waals surface area contributed by atoms with Gasteiger partial charge in [-0.1, -0.05) is 59.7 Å². The first-order chi connectivity index (χ1) is 15.1. The van der Waals surface area contributed by atoms with Crippen LogP contribution < -0.4 is 0 Å². The van der Waals surface area contributed by atoms with Crippen molar-refractivity contribution in [1.29, 1.82) is 0 Å². The summed E-state index contributed by atoms with van der Waals surface area (Å²) in [4.78, 5) is 10.5. The highest BCUT2D eigenvalue weighted by molar-refractivity contribution is 5.22. The third kappa shape index (κ3) is 7.15. The summed E-state index contributed by atoms with van der Waals surface area (Å²) >= 11 is 0. The van der Waals surface area contributed by atoms with E-state index in [0.717, 1.165) is 13.1 Å². The summed E-state index contributed by atoms with van der Waals surface area (Å²) in [6.07, 6.45) is 1.30. The molecule has 0 spiro atoms. The van der Waals surface area contributed by atoms with Gasteiger partial charge in [0.25, 0.3) is 0 Å². The molecule has 2 aliphatic heterocycles. The van der Waals surface area contributed by atoms with Crippen molar-refractivity contribution < 1.29 is 0 Å². The Morgan fingerprint density at radius 3 is 1.16 bits per heavy atom. The summed E-state index contributed by atoms with van der Waals surface area (Å²) < 4.78 is 0. The fourth-order valence-corrected chi connectivity index (χ4v) is 4.76. The molecule has 0 aromatic heterocycles. The zero-order valence-electron chi connectivity index (χ0n) is 19.6. The van der Waals surface area contributed by atoms with Gasteiger partial charge in [-0.05, 0) is 44.5 Å². The van der Waals surface area contributed by atoms with Crippen LogP contribution in [0.1, 0.15) is 28.7 Å².